The molecule has 0 unspecified atom stereocenters. The molecule has 0 saturated carbocycles. The summed E-state index contributed by atoms with van der Waals surface area (Å²) in [7, 11) is 0. The minimum atomic E-state index is 0.795. The molecule has 0 atom stereocenters. The summed E-state index contributed by atoms with van der Waals surface area (Å²) in [4.78, 5) is 10.2. The first-order valence-electron chi connectivity index (χ1n) is 5.85. The molecule has 0 aromatic carbocycles. The van der Waals surface area contributed by atoms with E-state index in [1.807, 2.05) is 12.4 Å². The third kappa shape index (κ3) is 2.23. The highest BCUT2D eigenvalue weighted by Crippen LogP contribution is 2.23. The molecule has 3 aromatic heterocycles. The Kier molecular flexibility index (Phi) is 3.25. The van der Waals surface area contributed by atoms with Crippen molar-refractivity contribution in [1.82, 2.24) is 14.5 Å². The molecule has 0 fully saturated rings. The highest BCUT2D eigenvalue weighted by atomic mass is 32.1. The number of thiophene rings is 1. The Morgan fingerprint density at radius 1 is 1.33 bits per heavy atom. The molecular formula is C13H13N3S2. The summed E-state index contributed by atoms with van der Waals surface area (Å²) in [5.74, 6) is 1.02. The molecule has 3 aromatic rings. The Balaban J connectivity index is 1.87. The van der Waals surface area contributed by atoms with Crippen LogP contribution in [0.1, 0.15) is 17.6 Å². The second-order valence-electron chi connectivity index (χ2n) is 3.94. The van der Waals surface area contributed by atoms with Gasteiger partial charge in [0.15, 0.2) is 0 Å². The molecule has 0 aliphatic carbocycles. The van der Waals surface area contributed by atoms with Crippen LogP contribution < -0.4 is 0 Å². The number of nitrogens with zero attached hydrogens (tertiary/aromatic N) is 3. The Morgan fingerprint density at radius 2 is 2.28 bits per heavy atom. The number of hydrogen-bond acceptors (Lipinski definition) is 4. The van der Waals surface area contributed by atoms with Gasteiger partial charge in [0.05, 0.1) is 22.1 Å². The van der Waals surface area contributed by atoms with Crippen molar-refractivity contribution in [3.63, 3.8) is 0 Å². The van der Waals surface area contributed by atoms with Crippen LogP contribution in [-0.2, 0) is 13.0 Å². The maximum atomic E-state index is 4.60. The average Bonchev–Trinajstić information content (AvgIpc) is 3.09. The van der Waals surface area contributed by atoms with Crippen LogP contribution in [0.3, 0.4) is 0 Å². The fourth-order valence-electron chi connectivity index (χ4n) is 1.83. The monoisotopic (exact) mass is 275 g/mol. The molecule has 0 amide bonds. The van der Waals surface area contributed by atoms with Crippen molar-refractivity contribution >= 4 is 22.7 Å². The van der Waals surface area contributed by atoms with Crippen LogP contribution in [0.4, 0.5) is 0 Å². The second kappa shape index (κ2) is 5.04. The summed E-state index contributed by atoms with van der Waals surface area (Å²) in [6.45, 7) is 2.93. The van der Waals surface area contributed by atoms with Gasteiger partial charge in [-0.3, -0.25) is 0 Å². The molecule has 18 heavy (non-hydrogen) atoms. The summed E-state index contributed by atoms with van der Waals surface area (Å²) in [5.41, 5.74) is 1.12. The minimum Gasteiger partial charge on any atom is -0.324 e. The molecule has 3 rings (SSSR count). The molecule has 0 aliphatic heterocycles. The van der Waals surface area contributed by atoms with E-state index in [9.17, 15) is 0 Å². The molecule has 0 bridgehead atoms. The van der Waals surface area contributed by atoms with Crippen molar-refractivity contribution < 1.29 is 0 Å². The van der Waals surface area contributed by atoms with Gasteiger partial charge in [-0.1, -0.05) is 13.0 Å². The second-order valence-corrected chi connectivity index (χ2v) is 5.83. The van der Waals surface area contributed by atoms with E-state index in [1.165, 1.54) is 9.88 Å². The topological polar surface area (TPSA) is 30.7 Å². The van der Waals surface area contributed by atoms with Crippen molar-refractivity contribution in [3.05, 3.63) is 46.0 Å². The maximum absolute atomic E-state index is 4.60. The van der Waals surface area contributed by atoms with E-state index < -0.39 is 0 Å². The normalized spacial score (nSPS) is 10.9. The number of rotatable bonds is 4. The summed E-state index contributed by atoms with van der Waals surface area (Å²) >= 11 is 3.45. The van der Waals surface area contributed by atoms with E-state index in [1.54, 1.807) is 22.7 Å². The van der Waals surface area contributed by atoms with Crippen LogP contribution >= 0.6 is 22.7 Å². The van der Waals surface area contributed by atoms with Crippen molar-refractivity contribution in [2.75, 3.05) is 0 Å². The Bertz CT molecular complexity index is 622. The average molecular weight is 275 g/mol. The van der Waals surface area contributed by atoms with Gasteiger partial charge in [-0.05, 0) is 17.9 Å². The number of thiazole rings is 1. The van der Waals surface area contributed by atoms with Gasteiger partial charge in [0.25, 0.3) is 0 Å². The van der Waals surface area contributed by atoms with Gasteiger partial charge in [0.2, 0.25) is 0 Å². The van der Waals surface area contributed by atoms with E-state index in [0.717, 1.165) is 24.5 Å². The zero-order chi connectivity index (χ0) is 12.4. The predicted octanol–water partition coefficient (Wildman–Crippen LogP) is 3.68. The smallest absolute Gasteiger partial charge is 0.150 e. The molecule has 5 heteroatoms. The first-order chi connectivity index (χ1) is 8.86. The van der Waals surface area contributed by atoms with E-state index >= 15 is 0 Å². The lowest BCUT2D eigenvalue weighted by atomic mass is 10.4. The third-order valence-electron chi connectivity index (χ3n) is 2.69. The fraction of sp³-hybridized carbons (Fsp3) is 0.231. The standard InChI is InChI=1S/C13H13N3S2/c1-2-12-15-10(9-18-12)8-16-6-5-14-13(16)11-4-3-7-17-11/h3-7,9H,2,8H2,1H3. The molecule has 3 heterocycles. The molecule has 0 aliphatic rings. The Hall–Kier alpha value is -1.46. The minimum absolute atomic E-state index is 0.795. The lowest BCUT2D eigenvalue weighted by molar-refractivity contribution is 0.784. The number of aryl methyl sites for hydroxylation is 1. The Labute approximate surface area is 114 Å². The lowest BCUT2D eigenvalue weighted by Gasteiger charge is -2.03. The number of aromatic nitrogens is 3. The molecule has 0 N–H and O–H groups in total. The largest absolute Gasteiger partial charge is 0.324 e. The zero-order valence-electron chi connectivity index (χ0n) is 10.0. The predicted molar refractivity (Wildman–Crippen MR) is 76.1 cm³/mol. The SMILES string of the molecule is CCc1nc(Cn2ccnc2-c2cccs2)cs1. The molecule has 92 valence electrons. The quantitative estimate of drug-likeness (QED) is 0.727. The van der Waals surface area contributed by atoms with E-state index in [0.29, 0.717) is 0 Å². The van der Waals surface area contributed by atoms with Crippen molar-refractivity contribution in [1.29, 1.82) is 0 Å². The first-order valence-corrected chi connectivity index (χ1v) is 7.61. The van der Waals surface area contributed by atoms with Gasteiger partial charge >= 0.3 is 0 Å². The van der Waals surface area contributed by atoms with Gasteiger partial charge in [-0.15, -0.1) is 22.7 Å². The van der Waals surface area contributed by atoms with Crippen LogP contribution in [0.2, 0.25) is 0 Å². The summed E-state index contributed by atoms with van der Waals surface area (Å²) in [6.07, 6.45) is 4.87. The van der Waals surface area contributed by atoms with Crippen molar-refractivity contribution in [2.24, 2.45) is 0 Å². The highest BCUT2D eigenvalue weighted by Gasteiger charge is 2.08. The maximum Gasteiger partial charge on any atom is 0.150 e. The van der Waals surface area contributed by atoms with Crippen LogP contribution in [0, 0.1) is 0 Å². The van der Waals surface area contributed by atoms with Gasteiger partial charge in [0, 0.05) is 17.8 Å². The van der Waals surface area contributed by atoms with Gasteiger partial charge in [0.1, 0.15) is 5.82 Å². The number of hydrogen-bond donors (Lipinski definition) is 0. The summed E-state index contributed by atoms with van der Waals surface area (Å²) < 4.78 is 2.15. The van der Waals surface area contributed by atoms with Crippen molar-refractivity contribution in [3.8, 4) is 10.7 Å². The van der Waals surface area contributed by atoms with Crippen LogP contribution in [0.15, 0.2) is 35.3 Å². The van der Waals surface area contributed by atoms with Gasteiger partial charge in [-0.2, -0.15) is 0 Å². The van der Waals surface area contributed by atoms with Crippen molar-refractivity contribution in [2.45, 2.75) is 19.9 Å². The lowest BCUT2D eigenvalue weighted by Crippen LogP contribution is -2.00. The molecular weight excluding hydrogens is 262 g/mol. The van der Waals surface area contributed by atoms with Gasteiger partial charge in [-0.25, -0.2) is 9.97 Å². The summed E-state index contributed by atoms with van der Waals surface area (Å²) in [6, 6.07) is 4.15. The fourth-order valence-corrected chi connectivity index (χ4v) is 3.30. The molecule has 0 saturated heterocycles. The van der Waals surface area contributed by atoms with Crippen LogP contribution in [0.25, 0.3) is 10.7 Å². The van der Waals surface area contributed by atoms with Crippen LogP contribution in [0.5, 0.6) is 0 Å². The van der Waals surface area contributed by atoms with E-state index in [2.05, 4.69) is 44.4 Å². The Morgan fingerprint density at radius 3 is 3.00 bits per heavy atom. The summed E-state index contributed by atoms with van der Waals surface area (Å²) in [5, 5.41) is 5.41. The number of imidazole rings is 1. The molecule has 0 radical (unpaired) electrons. The van der Waals surface area contributed by atoms with Crippen LogP contribution in [-0.4, -0.2) is 14.5 Å². The van der Waals surface area contributed by atoms with E-state index in [4.69, 9.17) is 0 Å². The first kappa shape index (κ1) is 11.6. The molecule has 3 nitrogen and oxygen atoms in total. The molecule has 0 spiro atoms. The van der Waals surface area contributed by atoms with Gasteiger partial charge < -0.3 is 4.57 Å². The zero-order valence-corrected chi connectivity index (χ0v) is 11.7. The highest BCUT2D eigenvalue weighted by molar-refractivity contribution is 7.13. The van der Waals surface area contributed by atoms with E-state index in [-0.39, 0.29) is 0 Å². The third-order valence-corrected chi connectivity index (χ3v) is 4.60.